The molecule has 0 aliphatic rings. The van der Waals surface area contributed by atoms with E-state index >= 15 is 0 Å². The normalized spacial score (nSPS) is 10.4. The minimum absolute atomic E-state index is 0.101. The van der Waals surface area contributed by atoms with Gasteiger partial charge in [-0.25, -0.2) is 9.59 Å². The van der Waals surface area contributed by atoms with Gasteiger partial charge in [0.25, 0.3) is 5.91 Å². The molecular formula is C20H19N3O6S. The van der Waals surface area contributed by atoms with Crippen molar-refractivity contribution in [3.8, 4) is 17.0 Å². The number of nitrogens with one attached hydrogen (secondary N) is 2. The third kappa shape index (κ3) is 4.03. The van der Waals surface area contributed by atoms with Crippen molar-refractivity contribution in [2.45, 2.75) is 6.92 Å². The third-order valence-corrected chi connectivity index (χ3v) is 5.51. The predicted molar refractivity (Wildman–Crippen MR) is 110 cm³/mol. The zero-order chi connectivity index (χ0) is 21.8. The lowest BCUT2D eigenvalue weighted by Crippen LogP contribution is -2.14. The Balaban J connectivity index is 1.90. The van der Waals surface area contributed by atoms with Crippen molar-refractivity contribution < 1.29 is 28.6 Å². The topological polar surface area (TPSA) is 120 Å². The molecule has 1 amide bonds. The van der Waals surface area contributed by atoms with E-state index in [1.54, 1.807) is 32.2 Å². The Labute approximate surface area is 176 Å². The Morgan fingerprint density at radius 1 is 1.07 bits per heavy atom. The van der Waals surface area contributed by atoms with Crippen LogP contribution < -0.4 is 10.1 Å². The number of amides is 1. The molecule has 10 heteroatoms. The number of carbonyl (C=O) groups is 3. The van der Waals surface area contributed by atoms with E-state index < -0.39 is 17.8 Å². The molecule has 30 heavy (non-hydrogen) atoms. The highest BCUT2D eigenvalue weighted by atomic mass is 32.1. The molecule has 3 aromatic rings. The van der Waals surface area contributed by atoms with Gasteiger partial charge in [0, 0.05) is 5.56 Å². The number of aromatic amines is 1. The first-order valence-corrected chi connectivity index (χ1v) is 9.52. The first-order valence-electron chi connectivity index (χ1n) is 8.70. The molecule has 9 nitrogen and oxygen atoms in total. The van der Waals surface area contributed by atoms with Gasteiger partial charge in [-0.2, -0.15) is 5.10 Å². The van der Waals surface area contributed by atoms with Gasteiger partial charge in [0.2, 0.25) is 0 Å². The lowest BCUT2D eigenvalue weighted by atomic mass is 10.1. The molecule has 0 atom stereocenters. The number of thiophene rings is 1. The highest BCUT2D eigenvalue weighted by Crippen LogP contribution is 2.34. The highest BCUT2D eigenvalue weighted by molar-refractivity contribution is 7.18. The van der Waals surface area contributed by atoms with Gasteiger partial charge in [0.1, 0.15) is 21.3 Å². The standard InChI is InChI=1S/C20H19N3O6S/c1-10-15(19(25)28-3)18(30-16(10)20(26)29-4)21-17(24)14-9-13(22-23-14)11-6-5-7-12(8-11)27-2/h5-9H,1-4H3,(H,21,24)(H,22,23). The number of benzene rings is 1. The fourth-order valence-corrected chi connectivity index (χ4v) is 3.88. The Morgan fingerprint density at radius 3 is 2.47 bits per heavy atom. The molecule has 0 aliphatic carbocycles. The van der Waals surface area contributed by atoms with Gasteiger partial charge in [0.15, 0.2) is 0 Å². The van der Waals surface area contributed by atoms with E-state index in [2.05, 4.69) is 15.5 Å². The van der Waals surface area contributed by atoms with Crippen LogP contribution in [-0.2, 0) is 9.47 Å². The molecular weight excluding hydrogens is 410 g/mol. The van der Waals surface area contributed by atoms with Crippen molar-refractivity contribution in [1.82, 2.24) is 10.2 Å². The van der Waals surface area contributed by atoms with E-state index in [0.717, 1.165) is 16.9 Å². The van der Waals surface area contributed by atoms with E-state index in [4.69, 9.17) is 14.2 Å². The monoisotopic (exact) mass is 429 g/mol. The van der Waals surface area contributed by atoms with Crippen molar-refractivity contribution in [1.29, 1.82) is 0 Å². The number of hydrogen-bond donors (Lipinski definition) is 2. The second-order valence-corrected chi connectivity index (χ2v) is 7.12. The van der Waals surface area contributed by atoms with Crippen LogP contribution >= 0.6 is 11.3 Å². The fraction of sp³-hybridized carbons (Fsp3) is 0.200. The van der Waals surface area contributed by atoms with Gasteiger partial charge in [-0.3, -0.25) is 9.89 Å². The summed E-state index contributed by atoms with van der Waals surface area (Å²) in [4.78, 5) is 37.1. The fourth-order valence-electron chi connectivity index (χ4n) is 2.78. The lowest BCUT2D eigenvalue weighted by Gasteiger charge is -2.04. The summed E-state index contributed by atoms with van der Waals surface area (Å²) in [5.74, 6) is -1.14. The van der Waals surface area contributed by atoms with Crippen LogP contribution in [0, 0.1) is 6.92 Å². The van der Waals surface area contributed by atoms with Crippen LogP contribution in [0.15, 0.2) is 30.3 Å². The van der Waals surface area contributed by atoms with Gasteiger partial charge in [0.05, 0.1) is 32.6 Å². The van der Waals surface area contributed by atoms with Crippen molar-refractivity contribution >= 4 is 34.2 Å². The number of H-pyrrole nitrogens is 1. The van der Waals surface area contributed by atoms with Gasteiger partial charge in [-0.1, -0.05) is 12.1 Å². The number of aromatic nitrogens is 2. The molecule has 0 unspecified atom stereocenters. The van der Waals surface area contributed by atoms with Crippen LogP contribution in [0.3, 0.4) is 0 Å². The van der Waals surface area contributed by atoms with Crippen LogP contribution in [-0.4, -0.2) is 49.4 Å². The number of hydrogen-bond acceptors (Lipinski definition) is 8. The molecule has 0 spiro atoms. The van der Waals surface area contributed by atoms with E-state index in [9.17, 15) is 14.4 Å². The number of esters is 2. The van der Waals surface area contributed by atoms with Gasteiger partial charge in [-0.15, -0.1) is 11.3 Å². The quantitative estimate of drug-likeness (QED) is 0.577. The summed E-state index contributed by atoms with van der Waals surface area (Å²) >= 11 is 0.935. The third-order valence-electron chi connectivity index (χ3n) is 4.32. The average Bonchev–Trinajstić information content (AvgIpc) is 3.38. The maximum absolute atomic E-state index is 12.7. The smallest absolute Gasteiger partial charge is 0.348 e. The lowest BCUT2D eigenvalue weighted by molar-refractivity contribution is 0.0601. The summed E-state index contributed by atoms with van der Waals surface area (Å²) in [5, 5.41) is 9.66. The molecule has 0 aliphatic heterocycles. The summed E-state index contributed by atoms with van der Waals surface area (Å²) in [7, 11) is 4.02. The molecule has 3 rings (SSSR count). The van der Waals surface area contributed by atoms with Gasteiger partial charge >= 0.3 is 11.9 Å². The van der Waals surface area contributed by atoms with Gasteiger partial charge < -0.3 is 19.5 Å². The second-order valence-electron chi connectivity index (χ2n) is 6.10. The number of carbonyl (C=O) groups excluding carboxylic acids is 3. The van der Waals surface area contributed by atoms with Crippen LogP contribution in [0.2, 0.25) is 0 Å². The van der Waals surface area contributed by atoms with Crippen LogP contribution in [0.4, 0.5) is 5.00 Å². The number of rotatable bonds is 6. The van der Waals surface area contributed by atoms with Crippen molar-refractivity contribution in [3.05, 3.63) is 52.0 Å². The summed E-state index contributed by atoms with van der Waals surface area (Å²) < 4.78 is 14.7. The molecule has 156 valence electrons. The average molecular weight is 429 g/mol. The molecule has 0 fully saturated rings. The number of anilines is 1. The number of nitrogens with zero attached hydrogens (tertiary/aromatic N) is 1. The minimum Gasteiger partial charge on any atom is -0.497 e. The molecule has 1 aromatic carbocycles. The Hall–Kier alpha value is -3.66. The first-order chi connectivity index (χ1) is 14.4. The molecule has 2 aromatic heterocycles. The molecule has 0 bridgehead atoms. The predicted octanol–water partition coefficient (Wildman–Crippen LogP) is 3.28. The Morgan fingerprint density at radius 2 is 1.80 bits per heavy atom. The van der Waals surface area contributed by atoms with E-state index in [1.807, 2.05) is 12.1 Å². The van der Waals surface area contributed by atoms with Crippen LogP contribution in [0.25, 0.3) is 11.3 Å². The van der Waals surface area contributed by atoms with E-state index in [1.165, 1.54) is 14.2 Å². The van der Waals surface area contributed by atoms with Crippen LogP contribution in [0.1, 0.15) is 36.1 Å². The first kappa shape index (κ1) is 21.1. The summed E-state index contributed by atoms with van der Waals surface area (Å²) in [6.07, 6.45) is 0. The zero-order valence-corrected chi connectivity index (χ0v) is 17.5. The van der Waals surface area contributed by atoms with E-state index in [0.29, 0.717) is 17.0 Å². The molecule has 0 saturated heterocycles. The van der Waals surface area contributed by atoms with Crippen molar-refractivity contribution in [3.63, 3.8) is 0 Å². The molecule has 2 heterocycles. The van der Waals surface area contributed by atoms with Crippen molar-refractivity contribution in [2.24, 2.45) is 0 Å². The maximum Gasteiger partial charge on any atom is 0.348 e. The van der Waals surface area contributed by atoms with E-state index in [-0.39, 0.29) is 21.1 Å². The number of methoxy groups -OCH3 is 3. The maximum atomic E-state index is 12.7. The van der Waals surface area contributed by atoms with Crippen molar-refractivity contribution in [2.75, 3.05) is 26.6 Å². The second kappa shape index (κ2) is 8.78. The molecule has 0 radical (unpaired) electrons. The SMILES string of the molecule is COC(=O)c1sc(NC(=O)c2cc(-c3cccc(OC)c3)n[nH]2)c(C(=O)OC)c1C. The summed E-state index contributed by atoms with van der Waals surface area (Å²) in [6.45, 7) is 1.59. The zero-order valence-electron chi connectivity index (χ0n) is 16.7. The molecule has 2 N–H and O–H groups in total. The van der Waals surface area contributed by atoms with Gasteiger partial charge in [-0.05, 0) is 30.7 Å². The summed E-state index contributed by atoms with van der Waals surface area (Å²) in [5.41, 5.74) is 1.96. The Bertz CT molecular complexity index is 1120. The highest BCUT2D eigenvalue weighted by Gasteiger charge is 2.27. The largest absolute Gasteiger partial charge is 0.497 e. The summed E-state index contributed by atoms with van der Waals surface area (Å²) in [6, 6.07) is 8.81. The molecule has 0 saturated carbocycles. The van der Waals surface area contributed by atoms with Crippen LogP contribution in [0.5, 0.6) is 5.75 Å². The minimum atomic E-state index is -0.670. The Kier molecular flexibility index (Phi) is 6.17. The number of ether oxygens (including phenoxy) is 3.